The Balaban J connectivity index is 0.00000341. The molecule has 0 aliphatic carbocycles. The first-order chi connectivity index (χ1) is 14.7. The van der Waals surface area contributed by atoms with Gasteiger partial charge in [0.2, 0.25) is 5.88 Å². The van der Waals surface area contributed by atoms with Gasteiger partial charge in [-0.25, -0.2) is 9.98 Å². The van der Waals surface area contributed by atoms with Gasteiger partial charge in [-0.1, -0.05) is 18.2 Å². The van der Waals surface area contributed by atoms with Crippen LogP contribution in [0.1, 0.15) is 30.0 Å². The Hall–Kier alpha value is -2.07. The number of halogens is 1. The summed E-state index contributed by atoms with van der Waals surface area (Å²) < 4.78 is 16.9. The van der Waals surface area contributed by atoms with E-state index in [1.807, 2.05) is 19.1 Å². The predicted molar refractivity (Wildman–Crippen MR) is 133 cm³/mol. The van der Waals surface area contributed by atoms with E-state index in [0.717, 1.165) is 49.0 Å². The van der Waals surface area contributed by atoms with Gasteiger partial charge in [-0.3, -0.25) is 0 Å². The van der Waals surface area contributed by atoms with Gasteiger partial charge in [0, 0.05) is 42.9 Å². The number of nitrogens with one attached hydrogen (secondary N) is 2. The third kappa shape index (κ3) is 7.84. The largest absolute Gasteiger partial charge is 0.493 e. The van der Waals surface area contributed by atoms with Gasteiger partial charge in [0.15, 0.2) is 5.96 Å². The second-order valence-corrected chi connectivity index (χ2v) is 7.37. The van der Waals surface area contributed by atoms with Crippen LogP contribution in [0.15, 0.2) is 41.5 Å². The van der Waals surface area contributed by atoms with Gasteiger partial charge < -0.3 is 24.8 Å². The number of guanidine groups is 1. The van der Waals surface area contributed by atoms with Crippen LogP contribution in [0, 0.1) is 12.8 Å². The van der Waals surface area contributed by atoms with Crippen LogP contribution in [0.25, 0.3) is 0 Å². The van der Waals surface area contributed by atoms with Gasteiger partial charge in [0.25, 0.3) is 0 Å². The highest BCUT2D eigenvalue weighted by Crippen LogP contribution is 2.23. The summed E-state index contributed by atoms with van der Waals surface area (Å²) >= 11 is 0. The molecule has 1 unspecified atom stereocenters. The minimum atomic E-state index is 0. The fourth-order valence-corrected chi connectivity index (χ4v) is 3.28. The lowest BCUT2D eigenvalue weighted by Crippen LogP contribution is -2.36. The Kier molecular flexibility index (Phi) is 10.9. The molecular formula is C23H33IN4O3. The number of ether oxygens (including phenoxy) is 3. The number of hydrogen-bond donors (Lipinski definition) is 2. The molecule has 1 aliphatic heterocycles. The molecule has 0 spiro atoms. The van der Waals surface area contributed by atoms with Crippen molar-refractivity contribution in [2.24, 2.45) is 10.9 Å². The molecule has 0 amide bonds. The maximum absolute atomic E-state index is 6.15. The van der Waals surface area contributed by atoms with Crippen molar-refractivity contribution in [2.45, 2.75) is 33.4 Å². The first-order valence-corrected chi connectivity index (χ1v) is 10.5. The third-order valence-corrected chi connectivity index (χ3v) is 4.96. The molecule has 0 radical (unpaired) electrons. The summed E-state index contributed by atoms with van der Waals surface area (Å²) in [7, 11) is 1.62. The van der Waals surface area contributed by atoms with Gasteiger partial charge in [-0.15, -0.1) is 24.0 Å². The standard InChI is InChI=1S/C23H32N4O3.HI/c1-4-24-23(27-14-20-6-5-10-25-22(20)28-3)26-13-19-8-7-17(2)12-21(19)30-16-18-9-11-29-15-18;/h5-8,10,12,18H,4,9,11,13-16H2,1-3H3,(H2,24,26,27);1H. The SMILES string of the molecule is CCNC(=NCc1cccnc1OC)NCc1ccc(C)cc1OCC1CCOC1.I. The maximum Gasteiger partial charge on any atom is 0.218 e. The maximum atomic E-state index is 6.15. The van der Waals surface area contributed by atoms with Crippen LogP contribution in [-0.2, 0) is 17.8 Å². The zero-order valence-electron chi connectivity index (χ0n) is 18.5. The van der Waals surface area contributed by atoms with E-state index >= 15 is 0 Å². The van der Waals surface area contributed by atoms with E-state index in [4.69, 9.17) is 14.2 Å². The number of methoxy groups -OCH3 is 1. The van der Waals surface area contributed by atoms with Crippen molar-refractivity contribution in [3.63, 3.8) is 0 Å². The van der Waals surface area contributed by atoms with Gasteiger partial charge in [-0.2, -0.15) is 0 Å². The van der Waals surface area contributed by atoms with E-state index < -0.39 is 0 Å². The summed E-state index contributed by atoms with van der Waals surface area (Å²) in [5.41, 5.74) is 3.22. The van der Waals surface area contributed by atoms with Crippen molar-refractivity contribution in [3.05, 3.63) is 53.2 Å². The van der Waals surface area contributed by atoms with Gasteiger partial charge in [0.05, 0.1) is 26.9 Å². The Bertz CT molecular complexity index is 841. The first kappa shape index (κ1) is 25.2. The highest BCUT2D eigenvalue weighted by molar-refractivity contribution is 14.0. The van der Waals surface area contributed by atoms with Crippen LogP contribution in [0.5, 0.6) is 11.6 Å². The molecule has 3 rings (SSSR count). The number of nitrogens with zero attached hydrogens (tertiary/aromatic N) is 2. The highest BCUT2D eigenvalue weighted by Gasteiger charge is 2.17. The fourth-order valence-electron chi connectivity index (χ4n) is 3.28. The first-order valence-electron chi connectivity index (χ1n) is 10.5. The minimum Gasteiger partial charge on any atom is -0.493 e. The van der Waals surface area contributed by atoms with Crippen molar-refractivity contribution in [3.8, 4) is 11.6 Å². The molecule has 1 saturated heterocycles. The Morgan fingerprint density at radius 1 is 1.26 bits per heavy atom. The molecule has 0 bridgehead atoms. The average molecular weight is 540 g/mol. The lowest BCUT2D eigenvalue weighted by Gasteiger charge is -2.17. The predicted octanol–water partition coefficient (Wildman–Crippen LogP) is 3.69. The topological polar surface area (TPSA) is 77.0 Å². The van der Waals surface area contributed by atoms with Gasteiger partial charge in [0.1, 0.15) is 5.75 Å². The molecule has 2 N–H and O–H groups in total. The molecule has 7 nitrogen and oxygen atoms in total. The van der Waals surface area contributed by atoms with E-state index in [2.05, 4.69) is 45.7 Å². The second kappa shape index (κ2) is 13.4. The molecule has 1 aromatic heterocycles. The second-order valence-electron chi connectivity index (χ2n) is 7.37. The Morgan fingerprint density at radius 3 is 2.87 bits per heavy atom. The molecule has 2 heterocycles. The molecule has 1 aliphatic rings. The fraction of sp³-hybridized carbons (Fsp3) is 0.478. The number of pyridine rings is 1. The minimum absolute atomic E-state index is 0. The van der Waals surface area contributed by atoms with Crippen molar-refractivity contribution < 1.29 is 14.2 Å². The molecular weight excluding hydrogens is 507 g/mol. The van der Waals surface area contributed by atoms with Crippen LogP contribution in [0.2, 0.25) is 0 Å². The lowest BCUT2D eigenvalue weighted by atomic mass is 10.1. The number of benzene rings is 1. The third-order valence-electron chi connectivity index (χ3n) is 4.96. The monoisotopic (exact) mass is 540 g/mol. The Labute approximate surface area is 202 Å². The number of aliphatic imine (C=N–C) groups is 1. The number of hydrogen-bond acceptors (Lipinski definition) is 5. The van der Waals surface area contributed by atoms with E-state index in [1.54, 1.807) is 13.3 Å². The summed E-state index contributed by atoms with van der Waals surface area (Å²) in [4.78, 5) is 8.91. The summed E-state index contributed by atoms with van der Waals surface area (Å²) in [5.74, 6) is 2.72. The van der Waals surface area contributed by atoms with Crippen molar-refractivity contribution in [2.75, 3.05) is 33.5 Å². The smallest absolute Gasteiger partial charge is 0.218 e. The van der Waals surface area contributed by atoms with Crippen LogP contribution in [0.4, 0.5) is 0 Å². The molecule has 8 heteroatoms. The van der Waals surface area contributed by atoms with E-state index in [9.17, 15) is 0 Å². The average Bonchev–Trinajstić information content (AvgIpc) is 3.29. The summed E-state index contributed by atoms with van der Waals surface area (Å²) in [6.45, 7) is 8.30. The highest BCUT2D eigenvalue weighted by atomic mass is 127. The van der Waals surface area contributed by atoms with Crippen LogP contribution in [-0.4, -0.2) is 44.4 Å². The quantitative estimate of drug-likeness (QED) is 0.287. The molecule has 1 aromatic carbocycles. The number of rotatable bonds is 9. The van der Waals surface area contributed by atoms with Crippen LogP contribution < -0.4 is 20.1 Å². The van der Waals surface area contributed by atoms with E-state index in [0.29, 0.717) is 31.5 Å². The lowest BCUT2D eigenvalue weighted by molar-refractivity contribution is 0.166. The molecule has 1 fully saturated rings. The van der Waals surface area contributed by atoms with Crippen LogP contribution in [0.3, 0.4) is 0 Å². The summed E-state index contributed by atoms with van der Waals surface area (Å²) in [5, 5.41) is 6.69. The molecule has 1 atom stereocenters. The van der Waals surface area contributed by atoms with Gasteiger partial charge in [-0.05, 0) is 38.0 Å². The number of aromatic nitrogens is 1. The van der Waals surface area contributed by atoms with Crippen molar-refractivity contribution in [1.29, 1.82) is 0 Å². The summed E-state index contributed by atoms with van der Waals surface area (Å²) in [6.07, 6.45) is 2.78. The van der Waals surface area contributed by atoms with Crippen molar-refractivity contribution >= 4 is 29.9 Å². The molecule has 170 valence electrons. The zero-order chi connectivity index (χ0) is 21.2. The van der Waals surface area contributed by atoms with E-state index in [-0.39, 0.29) is 24.0 Å². The molecule has 31 heavy (non-hydrogen) atoms. The summed E-state index contributed by atoms with van der Waals surface area (Å²) in [6, 6.07) is 10.2. The Morgan fingerprint density at radius 2 is 2.13 bits per heavy atom. The number of aryl methyl sites for hydroxylation is 1. The molecule has 0 saturated carbocycles. The zero-order valence-corrected chi connectivity index (χ0v) is 20.8. The molecule has 2 aromatic rings. The van der Waals surface area contributed by atoms with Crippen LogP contribution >= 0.6 is 24.0 Å². The van der Waals surface area contributed by atoms with E-state index in [1.165, 1.54) is 5.56 Å². The van der Waals surface area contributed by atoms with Gasteiger partial charge >= 0.3 is 0 Å². The van der Waals surface area contributed by atoms with Crippen molar-refractivity contribution in [1.82, 2.24) is 15.6 Å². The normalized spacial score (nSPS) is 15.8.